The fourth-order valence-corrected chi connectivity index (χ4v) is 2.84. The molecule has 2 aromatic rings. The van der Waals surface area contributed by atoms with E-state index in [0.29, 0.717) is 13.1 Å². The van der Waals surface area contributed by atoms with Crippen LogP contribution in [0.3, 0.4) is 0 Å². The van der Waals surface area contributed by atoms with E-state index in [1.807, 2.05) is 48.5 Å². The first-order valence-corrected chi connectivity index (χ1v) is 8.44. The van der Waals surface area contributed by atoms with Gasteiger partial charge in [0.2, 0.25) is 5.91 Å². The molecule has 5 heteroatoms. The normalized spacial score (nSPS) is 15.2. The second-order valence-corrected chi connectivity index (χ2v) is 6.16. The van der Waals surface area contributed by atoms with Crippen LogP contribution in [0.15, 0.2) is 60.7 Å². The summed E-state index contributed by atoms with van der Waals surface area (Å²) in [6, 6.07) is 19.6. The summed E-state index contributed by atoms with van der Waals surface area (Å²) < 4.78 is 5.26. The number of benzene rings is 2. The van der Waals surface area contributed by atoms with Gasteiger partial charge >= 0.3 is 5.97 Å². The molecule has 3 rings (SSSR count). The molecule has 1 fully saturated rings. The Morgan fingerprint density at radius 3 is 2.20 bits per heavy atom. The smallest absolute Gasteiger partial charge is 0.325 e. The number of amides is 1. The maximum atomic E-state index is 12.3. The first-order chi connectivity index (χ1) is 12.2. The summed E-state index contributed by atoms with van der Waals surface area (Å²) in [5.41, 5.74) is 2.13. The molecule has 0 N–H and O–H groups in total. The molecular weight excluding hydrogens is 316 g/mol. The molecule has 0 aromatic heterocycles. The van der Waals surface area contributed by atoms with Gasteiger partial charge in [-0.2, -0.15) is 0 Å². The van der Waals surface area contributed by atoms with Gasteiger partial charge in [0.1, 0.15) is 13.2 Å². The molecule has 0 saturated carbocycles. The number of nitrogens with zero attached hydrogens (tertiary/aromatic N) is 2. The Balaban J connectivity index is 1.43. The Bertz CT molecular complexity index is 703. The summed E-state index contributed by atoms with van der Waals surface area (Å²) in [6.07, 6.45) is 0. The zero-order valence-electron chi connectivity index (χ0n) is 14.1. The van der Waals surface area contributed by atoms with E-state index in [-0.39, 0.29) is 25.0 Å². The van der Waals surface area contributed by atoms with Gasteiger partial charge in [-0.3, -0.25) is 14.5 Å². The molecule has 1 saturated heterocycles. The van der Waals surface area contributed by atoms with Gasteiger partial charge in [0.25, 0.3) is 0 Å². The highest BCUT2D eigenvalue weighted by Gasteiger charge is 2.25. The zero-order chi connectivity index (χ0) is 17.5. The van der Waals surface area contributed by atoms with Crippen molar-refractivity contribution in [2.75, 3.05) is 26.2 Å². The highest BCUT2D eigenvalue weighted by molar-refractivity contribution is 5.83. The van der Waals surface area contributed by atoms with Crippen LogP contribution in [0.1, 0.15) is 11.1 Å². The molecule has 0 spiro atoms. The van der Waals surface area contributed by atoms with Crippen molar-refractivity contribution in [1.29, 1.82) is 0 Å². The third-order valence-corrected chi connectivity index (χ3v) is 4.21. The maximum absolute atomic E-state index is 12.3. The molecule has 0 unspecified atom stereocenters. The Morgan fingerprint density at radius 1 is 0.920 bits per heavy atom. The summed E-state index contributed by atoms with van der Waals surface area (Å²) in [5, 5.41) is 0. The lowest BCUT2D eigenvalue weighted by Crippen LogP contribution is -2.51. The van der Waals surface area contributed by atoms with Crippen LogP contribution in [0.4, 0.5) is 0 Å². The van der Waals surface area contributed by atoms with E-state index in [4.69, 9.17) is 4.74 Å². The quantitative estimate of drug-likeness (QED) is 0.757. The fourth-order valence-electron chi connectivity index (χ4n) is 2.84. The van der Waals surface area contributed by atoms with E-state index in [9.17, 15) is 9.59 Å². The van der Waals surface area contributed by atoms with Crippen molar-refractivity contribution in [1.82, 2.24) is 9.80 Å². The number of piperazine rings is 1. The summed E-state index contributed by atoms with van der Waals surface area (Å²) >= 11 is 0. The minimum Gasteiger partial charge on any atom is -0.459 e. The highest BCUT2D eigenvalue weighted by Crippen LogP contribution is 2.10. The van der Waals surface area contributed by atoms with Crippen LogP contribution < -0.4 is 0 Å². The predicted molar refractivity (Wildman–Crippen MR) is 94.5 cm³/mol. The first-order valence-electron chi connectivity index (χ1n) is 8.44. The monoisotopic (exact) mass is 338 g/mol. The number of esters is 1. The molecule has 0 radical (unpaired) electrons. The van der Waals surface area contributed by atoms with E-state index in [1.165, 1.54) is 5.56 Å². The Hall–Kier alpha value is -2.66. The zero-order valence-corrected chi connectivity index (χ0v) is 14.1. The molecule has 5 nitrogen and oxygen atoms in total. The number of carbonyl (C=O) groups excluding carboxylic acids is 2. The van der Waals surface area contributed by atoms with Gasteiger partial charge in [-0.1, -0.05) is 60.7 Å². The second kappa shape index (κ2) is 8.44. The van der Waals surface area contributed by atoms with Crippen molar-refractivity contribution in [2.24, 2.45) is 0 Å². The lowest BCUT2D eigenvalue weighted by molar-refractivity contribution is -0.152. The van der Waals surface area contributed by atoms with Gasteiger partial charge in [0, 0.05) is 19.6 Å². The average molecular weight is 338 g/mol. The summed E-state index contributed by atoms with van der Waals surface area (Å²) in [6.45, 7) is 2.64. The van der Waals surface area contributed by atoms with Crippen LogP contribution in [0.2, 0.25) is 0 Å². The molecular formula is C20H22N2O3. The fraction of sp³-hybridized carbons (Fsp3) is 0.300. The number of carbonyl (C=O) groups is 2. The Labute approximate surface area is 147 Å². The second-order valence-electron chi connectivity index (χ2n) is 6.16. The van der Waals surface area contributed by atoms with Crippen molar-refractivity contribution in [3.05, 3.63) is 71.8 Å². The number of hydrogen-bond donors (Lipinski definition) is 0. The molecule has 1 amide bonds. The van der Waals surface area contributed by atoms with Gasteiger partial charge in [0.15, 0.2) is 0 Å². The SMILES string of the molecule is O=C(CN1CCN(Cc2ccccc2)CC1=O)OCc1ccccc1. The Morgan fingerprint density at radius 2 is 1.56 bits per heavy atom. The minimum absolute atomic E-state index is 0.0187. The third-order valence-electron chi connectivity index (χ3n) is 4.21. The van der Waals surface area contributed by atoms with Crippen molar-refractivity contribution in [3.8, 4) is 0 Å². The average Bonchev–Trinajstić information content (AvgIpc) is 2.64. The molecule has 25 heavy (non-hydrogen) atoms. The van der Waals surface area contributed by atoms with Gasteiger partial charge < -0.3 is 9.64 Å². The van der Waals surface area contributed by atoms with Gasteiger partial charge in [-0.25, -0.2) is 0 Å². The first kappa shape index (κ1) is 17.2. The van der Waals surface area contributed by atoms with Crippen molar-refractivity contribution < 1.29 is 14.3 Å². The number of rotatable bonds is 6. The van der Waals surface area contributed by atoms with E-state index in [2.05, 4.69) is 17.0 Å². The van der Waals surface area contributed by atoms with Crippen LogP contribution in [0.25, 0.3) is 0 Å². The highest BCUT2D eigenvalue weighted by atomic mass is 16.5. The topological polar surface area (TPSA) is 49.9 Å². The minimum atomic E-state index is -0.367. The number of ether oxygens (including phenoxy) is 1. The van der Waals surface area contributed by atoms with Crippen LogP contribution in [-0.2, 0) is 27.5 Å². The van der Waals surface area contributed by atoms with Crippen LogP contribution in [0, 0.1) is 0 Å². The van der Waals surface area contributed by atoms with Crippen molar-refractivity contribution >= 4 is 11.9 Å². The molecule has 0 bridgehead atoms. The Kier molecular flexibility index (Phi) is 5.80. The predicted octanol–water partition coefficient (Wildman–Crippen LogP) is 2.07. The van der Waals surface area contributed by atoms with E-state index < -0.39 is 0 Å². The van der Waals surface area contributed by atoms with Crippen molar-refractivity contribution in [3.63, 3.8) is 0 Å². The maximum Gasteiger partial charge on any atom is 0.325 e. The summed E-state index contributed by atoms with van der Waals surface area (Å²) in [4.78, 5) is 27.9. The van der Waals surface area contributed by atoms with Crippen LogP contribution in [-0.4, -0.2) is 47.9 Å². The van der Waals surface area contributed by atoms with E-state index >= 15 is 0 Å². The lowest BCUT2D eigenvalue weighted by Gasteiger charge is -2.33. The molecule has 0 atom stereocenters. The molecule has 1 aliphatic rings. The lowest BCUT2D eigenvalue weighted by atomic mass is 10.2. The van der Waals surface area contributed by atoms with Gasteiger partial charge in [-0.15, -0.1) is 0 Å². The van der Waals surface area contributed by atoms with Gasteiger partial charge in [-0.05, 0) is 11.1 Å². The molecule has 0 aliphatic carbocycles. The van der Waals surface area contributed by atoms with E-state index in [0.717, 1.165) is 18.7 Å². The standard InChI is InChI=1S/C20H22N2O3/c23-19-14-21(13-17-7-3-1-4-8-17)11-12-22(19)15-20(24)25-16-18-9-5-2-6-10-18/h1-10H,11-16H2. The van der Waals surface area contributed by atoms with E-state index in [1.54, 1.807) is 4.90 Å². The van der Waals surface area contributed by atoms with Crippen molar-refractivity contribution in [2.45, 2.75) is 13.2 Å². The summed E-state index contributed by atoms with van der Waals surface area (Å²) in [7, 11) is 0. The third kappa shape index (κ3) is 5.16. The van der Waals surface area contributed by atoms with Crippen LogP contribution in [0.5, 0.6) is 0 Å². The molecule has 1 heterocycles. The number of hydrogen-bond acceptors (Lipinski definition) is 4. The van der Waals surface area contributed by atoms with Gasteiger partial charge in [0.05, 0.1) is 6.54 Å². The largest absolute Gasteiger partial charge is 0.459 e. The molecule has 1 aliphatic heterocycles. The summed E-state index contributed by atoms with van der Waals surface area (Å²) in [5.74, 6) is -0.396. The molecule has 2 aromatic carbocycles. The van der Waals surface area contributed by atoms with Crippen LogP contribution >= 0.6 is 0 Å². The molecule has 130 valence electrons.